The lowest BCUT2D eigenvalue weighted by molar-refractivity contribution is -0.143. The van der Waals surface area contributed by atoms with Crippen molar-refractivity contribution in [2.45, 2.75) is 26.9 Å². The Balaban J connectivity index is 1.69. The first kappa shape index (κ1) is 19.2. The second-order valence-corrected chi connectivity index (χ2v) is 7.07. The Bertz CT molecular complexity index is 564. The monoisotopic (exact) mass is 348 g/mol. The van der Waals surface area contributed by atoms with Gasteiger partial charge in [-0.15, -0.1) is 0 Å². The zero-order valence-corrected chi connectivity index (χ0v) is 15.0. The van der Waals surface area contributed by atoms with E-state index >= 15 is 0 Å². The number of amides is 2. The fourth-order valence-electron chi connectivity index (χ4n) is 3.08. The van der Waals surface area contributed by atoms with E-state index in [0.717, 1.165) is 5.56 Å². The summed E-state index contributed by atoms with van der Waals surface area (Å²) in [5, 5.41) is 12.1. The minimum Gasteiger partial charge on any atom is -0.481 e. The predicted molar refractivity (Wildman–Crippen MR) is 95.1 cm³/mol. The van der Waals surface area contributed by atoms with Gasteiger partial charge in [-0.05, 0) is 23.8 Å². The van der Waals surface area contributed by atoms with Gasteiger partial charge in [-0.2, -0.15) is 0 Å². The molecule has 1 aliphatic rings. The Labute approximate surface area is 149 Å². The third kappa shape index (κ3) is 6.38. The summed E-state index contributed by atoms with van der Waals surface area (Å²) in [5.41, 5.74) is 1.13. The van der Waals surface area contributed by atoms with Crippen LogP contribution in [0.3, 0.4) is 0 Å². The van der Waals surface area contributed by atoms with E-state index in [2.05, 4.69) is 5.32 Å². The Morgan fingerprint density at radius 3 is 2.72 bits per heavy atom. The molecule has 0 radical (unpaired) electrons. The van der Waals surface area contributed by atoms with E-state index in [4.69, 9.17) is 4.74 Å². The molecule has 0 aromatic heterocycles. The van der Waals surface area contributed by atoms with E-state index in [9.17, 15) is 14.7 Å². The number of carbonyl (C=O) groups is 2. The number of carbonyl (C=O) groups excluding carboxylic acids is 1. The number of rotatable bonds is 7. The topological polar surface area (TPSA) is 78.9 Å². The highest BCUT2D eigenvalue weighted by Crippen LogP contribution is 2.21. The largest absolute Gasteiger partial charge is 0.481 e. The van der Waals surface area contributed by atoms with Gasteiger partial charge in [0.1, 0.15) is 0 Å². The molecule has 1 aromatic carbocycles. The molecule has 2 N–H and O–H groups in total. The van der Waals surface area contributed by atoms with Gasteiger partial charge in [0, 0.05) is 19.6 Å². The van der Waals surface area contributed by atoms with Crippen molar-refractivity contribution >= 4 is 12.0 Å². The molecule has 3 unspecified atom stereocenters. The number of likely N-dealkylation sites (tertiary alicyclic amines) is 1. The van der Waals surface area contributed by atoms with Crippen LogP contribution < -0.4 is 5.32 Å². The number of urea groups is 1. The molecule has 6 heteroatoms. The first-order chi connectivity index (χ1) is 12.0. The van der Waals surface area contributed by atoms with Crippen LogP contribution in [-0.4, -0.2) is 48.2 Å². The zero-order valence-electron chi connectivity index (χ0n) is 15.0. The second kappa shape index (κ2) is 9.42. The first-order valence-corrected chi connectivity index (χ1v) is 8.83. The fraction of sp³-hybridized carbons (Fsp3) is 0.579. The fourth-order valence-corrected chi connectivity index (χ4v) is 3.08. The summed E-state index contributed by atoms with van der Waals surface area (Å²) in [4.78, 5) is 25.1. The lowest BCUT2D eigenvalue weighted by Gasteiger charge is -2.34. The number of piperidine rings is 1. The van der Waals surface area contributed by atoms with Crippen LogP contribution in [0.5, 0.6) is 0 Å². The molecule has 0 aliphatic carbocycles. The molecular formula is C19H28N2O4. The van der Waals surface area contributed by atoms with E-state index in [-0.39, 0.29) is 24.4 Å². The molecule has 138 valence electrons. The molecule has 3 atom stereocenters. The van der Waals surface area contributed by atoms with Crippen molar-refractivity contribution in [3.63, 3.8) is 0 Å². The summed E-state index contributed by atoms with van der Waals surface area (Å²) in [5.74, 6) is -0.912. The van der Waals surface area contributed by atoms with Crippen LogP contribution >= 0.6 is 0 Å². The van der Waals surface area contributed by atoms with Crippen molar-refractivity contribution in [3.8, 4) is 0 Å². The minimum atomic E-state index is -0.827. The van der Waals surface area contributed by atoms with Gasteiger partial charge in [-0.3, -0.25) is 4.79 Å². The van der Waals surface area contributed by atoms with E-state index in [1.807, 2.05) is 44.2 Å². The molecule has 0 spiro atoms. The number of nitrogens with zero attached hydrogens (tertiary/aromatic N) is 1. The van der Waals surface area contributed by atoms with Crippen molar-refractivity contribution in [1.82, 2.24) is 10.2 Å². The van der Waals surface area contributed by atoms with Crippen LogP contribution in [0, 0.1) is 17.8 Å². The Morgan fingerprint density at radius 1 is 1.32 bits per heavy atom. The van der Waals surface area contributed by atoms with Crippen LogP contribution in [0.25, 0.3) is 0 Å². The Morgan fingerprint density at radius 2 is 2.04 bits per heavy atom. The SMILES string of the molecule is CC(CNC(=O)N1CC(C)CC(C(=O)O)C1)COCc1ccccc1. The van der Waals surface area contributed by atoms with Crippen LogP contribution in [0.2, 0.25) is 0 Å². The maximum atomic E-state index is 12.3. The third-order valence-electron chi connectivity index (χ3n) is 4.41. The molecule has 2 rings (SSSR count). The summed E-state index contributed by atoms with van der Waals surface area (Å²) in [6.45, 7) is 6.51. The molecule has 1 aromatic rings. The van der Waals surface area contributed by atoms with Gasteiger partial charge in [0.25, 0.3) is 0 Å². The van der Waals surface area contributed by atoms with Crippen LogP contribution in [0.1, 0.15) is 25.8 Å². The van der Waals surface area contributed by atoms with Crippen LogP contribution in [0.4, 0.5) is 4.79 Å². The number of carboxylic acids is 1. The van der Waals surface area contributed by atoms with E-state index < -0.39 is 11.9 Å². The summed E-state index contributed by atoms with van der Waals surface area (Å²) >= 11 is 0. The molecular weight excluding hydrogens is 320 g/mol. The number of benzene rings is 1. The normalized spacial score (nSPS) is 21.6. The van der Waals surface area contributed by atoms with Gasteiger partial charge in [0.15, 0.2) is 0 Å². The van der Waals surface area contributed by atoms with Crippen molar-refractivity contribution in [1.29, 1.82) is 0 Å². The average Bonchev–Trinajstić information content (AvgIpc) is 2.60. The molecule has 6 nitrogen and oxygen atoms in total. The molecule has 1 heterocycles. The third-order valence-corrected chi connectivity index (χ3v) is 4.41. The number of ether oxygens (including phenoxy) is 1. The van der Waals surface area contributed by atoms with Crippen molar-refractivity contribution in [2.24, 2.45) is 17.8 Å². The standard InChI is InChI=1S/C19H28N2O4/c1-14-8-17(18(22)23)11-21(10-14)19(24)20-9-15(2)12-25-13-16-6-4-3-5-7-16/h3-7,14-15,17H,8-13H2,1-2H3,(H,20,24)(H,22,23). The highest BCUT2D eigenvalue weighted by atomic mass is 16.5. The maximum absolute atomic E-state index is 12.3. The van der Waals surface area contributed by atoms with E-state index in [0.29, 0.717) is 32.7 Å². The zero-order chi connectivity index (χ0) is 18.2. The van der Waals surface area contributed by atoms with Crippen molar-refractivity contribution in [2.75, 3.05) is 26.2 Å². The molecule has 1 saturated heterocycles. The van der Waals surface area contributed by atoms with E-state index in [1.165, 1.54) is 0 Å². The number of hydrogen-bond acceptors (Lipinski definition) is 3. The van der Waals surface area contributed by atoms with Gasteiger partial charge < -0.3 is 20.1 Å². The highest BCUT2D eigenvalue weighted by Gasteiger charge is 2.31. The highest BCUT2D eigenvalue weighted by molar-refractivity contribution is 5.76. The van der Waals surface area contributed by atoms with Gasteiger partial charge in [-0.25, -0.2) is 4.79 Å². The average molecular weight is 348 g/mol. The van der Waals surface area contributed by atoms with Gasteiger partial charge >= 0.3 is 12.0 Å². The summed E-state index contributed by atoms with van der Waals surface area (Å²) < 4.78 is 5.68. The van der Waals surface area contributed by atoms with Crippen LogP contribution in [0.15, 0.2) is 30.3 Å². The molecule has 0 bridgehead atoms. The molecule has 1 aliphatic heterocycles. The Hall–Kier alpha value is -2.08. The molecule has 1 fully saturated rings. The molecule has 2 amide bonds. The number of carboxylic acid groups (broad SMARTS) is 1. The first-order valence-electron chi connectivity index (χ1n) is 8.83. The van der Waals surface area contributed by atoms with E-state index in [1.54, 1.807) is 4.90 Å². The molecule has 25 heavy (non-hydrogen) atoms. The smallest absolute Gasteiger partial charge is 0.317 e. The lowest BCUT2D eigenvalue weighted by Crippen LogP contribution is -2.50. The summed E-state index contributed by atoms with van der Waals surface area (Å²) in [7, 11) is 0. The van der Waals surface area contributed by atoms with Gasteiger partial charge in [0.2, 0.25) is 0 Å². The number of aliphatic carboxylic acids is 1. The number of nitrogens with one attached hydrogen (secondary N) is 1. The van der Waals surface area contributed by atoms with Gasteiger partial charge in [0.05, 0.1) is 19.1 Å². The summed E-state index contributed by atoms with van der Waals surface area (Å²) in [6, 6.07) is 9.77. The summed E-state index contributed by atoms with van der Waals surface area (Å²) in [6.07, 6.45) is 0.628. The van der Waals surface area contributed by atoms with Crippen molar-refractivity contribution in [3.05, 3.63) is 35.9 Å². The van der Waals surface area contributed by atoms with Crippen molar-refractivity contribution < 1.29 is 19.4 Å². The Kier molecular flexibility index (Phi) is 7.25. The van der Waals surface area contributed by atoms with Gasteiger partial charge in [-0.1, -0.05) is 44.2 Å². The quantitative estimate of drug-likeness (QED) is 0.794. The van der Waals surface area contributed by atoms with Crippen LogP contribution in [-0.2, 0) is 16.1 Å². The molecule has 0 saturated carbocycles. The lowest BCUT2D eigenvalue weighted by atomic mass is 9.91. The maximum Gasteiger partial charge on any atom is 0.317 e. The number of hydrogen-bond donors (Lipinski definition) is 2. The second-order valence-electron chi connectivity index (χ2n) is 7.07. The minimum absolute atomic E-state index is 0.185. The predicted octanol–water partition coefficient (Wildman–Crippen LogP) is 2.59.